The first-order chi connectivity index (χ1) is 16.2. The molecule has 1 fully saturated rings. The van der Waals surface area contributed by atoms with Gasteiger partial charge >= 0.3 is 0 Å². The fourth-order valence-electron chi connectivity index (χ4n) is 4.22. The molecule has 0 N–H and O–H groups in total. The number of rotatable bonds is 4. The maximum absolute atomic E-state index is 13.2. The van der Waals surface area contributed by atoms with Gasteiger partial charge in [-0.1, -0.05) is 53.5 Å². The molecule has 0 atom stereocenters. The van der Waals surface area contributed by atoms with Crippen molar-refractivity contribution < 1.29 is 8.42 Å². The largest absolute Gasteiger partial charge is 0.295 e. The fraction of sp³-hybridized carbons (Fsp3) is 0.250. The average molecular weight is 517 g/mol. The molecular formula is C24H22Cl2N4O3S. The molecule has 0 saturated carbocycles. The van der Waals surface area contributed by atoms with Gasteiger partial charge in [0.15, 0.2) is 5.65 Å². The van der Waals surface area contributed by atoms with Gasteiger partial charge in [-0.15, -0.1) is 0 Å². The van der Waals surface area contributed by atoms with Gasteiger partial charge in [0.05, 0.1) is 20.6 Å². The number of sulfonamides is 1. The maximum atomic E-state index is 13.2. The van der Waals surface area contributed by atoms with Gasteiger partial charge in [0.1, 0.15) is 0 Å². The van der Waals surface area contributed by atoms with E-state index in [0.29, 0.717) is 64.6 Å². The molecule has 0 unspecified atom stereocenters. The van der Waals surface area contributed by atoms with Crippen molar-refractivity contribution in [2.45, 2.75) is 18.4 Å². The molecule has 4 aromatic rings. The lowest BCUT2D eigenvalue weighted by molar-refractivity contribution is 0.180. The van der Waals surface area contributed by atoms with Crippen molar-refractivity contribution in [3.8, 4) is 0 Å². The summed E-state index contributed by atoms with van der Waals surface area (Å²) >= 11 is 12.5. The lowest BCUT2D eigenvalue weighted by atomic mass is 10.1. The van der Waals surface area contributed by atoms with Crippen LogP contribution in [0, 0.1) is 6.92 Å². The van der Waals surface area contributed by atoms with Crippen LogP contribution in [0.2, 0.25) is 10.0 Å². The lowest BCUT2D eigenvalue weighted by Gasteiger charge is -2.33. The predicted octanol–water partition coefficient (Wildman–Crippen LogP) is 3.97. The molecule has 2 aromatic heterocycles. The second-order valence-corrected chi connectivity index (χ2v) is 11.1. The van der Waals surface area contributed by atoms with Gasteiger partial charge in [0.2, 0.25) is 10.0 Å². The van der Waals surface area contributed by atoms with Crippen molar-refractivity contribution in [3.63, 3.8) is 0 Å². The quantitative estimate of drug-likeness (QED) is 0.410. The summed E-state index contributed by atoms with van der Waals surface area (Å²) in [6.45, 7) is 3.98. The first-order valence-electron chi connectivity index (χ1n) is 10.8. The van der Waals surface area contributed by atoms with E-state index < -0.39 is 10.0 Å². The number of nitrogens with zero attached hydrogens (tertiary/aromatic N) is 4. The number of halogens is 2. The molecule has 0 bridgehead atoms. The van der Waals surface area contributed by atoms with Gasteiger partial charge in [-0.05, 0) is 35.4 Å². The molecular weight excluding hydrogens is 495 g/mol. The Balaban J connectivity index is 1.32. The zero-order valence-electron chi connectivity index (χ0n) is 18.4. The minimum atomic E-state index is -3.59. The van der Waals surface area contributed by atoms with Crippen molar-refractivity contribution in [1.82, 2.24) is 18.6 Å². The van der Waals surface area contributed by atoms with Crippen LogP contribution in [-0.4, -0.2) is 53.2 Å². The molecule has 0 radical (unpaired) electrons. The van der Waals surface area contributed by atoms with Crippen molar-refractivity contribution in [2.75, 3.05) is 26.2 Å². The van der Waals surface area contributed by atoms with Crippen molar-refractivity contribution >= 4 is 49.6 Å². The van der Waals surface area contributed by atoms with Crippen LogP contribution in [0.4, 0.5) is 0 Å². The molecule has 2 aromatic carbocycles. The van der Waals surface area contributed by atoms with Crippen LogP contribution in [0.5, 0.6) is 0 Å². The maximum Gasteiger partial charge on any atom is 0.258 e. The molecule has 10 heteroatoms. The SMILES string of the molecule is Cc1c(Cl)cn2c(=O)cc(CN3CCN(S(=O)(=O)c4ccc5ccccc5c4)CC3)nc2c1Cl. The molecule has 1 aliphatic heterocycles. The highest BCUT2D eigenvalue weighted by Crippen LogP contribution is 2.27. The summed E-state index contributed by atoms with van der Waals surface area (Å²) in [6, 6.07) is 14.4. The molecule has 7 nitrogen and oxygen atoms in total. The Kier molecular flexibility index (Phi) is 6.12. The summed E-state index contributed by atoms with van der Waals surface area (Å²) < 4.78 is 29.3. The van der Waals surface area contributed by atoms with E-state index >= 15 is 0 Å². The Hall–Kier alpha value is -2.49. The third-order valence-electron chi connectivity index (χ3n) is 6.21. The smallest absolute Gasteiger partial charge is 0.258 e. The van der Waals surface area contributed by atoms with Crippen LogP contribution in [0.3, 0.4) is 0 Å². The second kappa shape index (κ2) is 8.94. The van der Waals surface area contributed by atoms with E-state index in [4.69, 9.17) is 23.2 Å². The van der Waals surface area contributed by atoms with Crippen LogP contribution >= 0.6 is 23.2 Å². The zero-order chi connectivity index (χ0) is 24.0. The highest BCUT2D eigenvalue weighted by Gasteiger charge is 2.29. The Labute approximate surface area is 207 Å². The van der Waals surface area contributed by atoms with Gasteiger partial charge in [-0.3, -0.25) is 14.1 Å². The minimum absolute atomic E-state index is 0.263. The number of fused-ring (bicyclic) bond motifs is 2. The number of benzene rings is 2. The second-order valence-electron chi connectivity index (χ2n) is 8.38. The number of pyridine rings is 1. The fourth-order valence-corrected chi connectivity index (χ4v) is 6.15. The van der Waals surface area contributed by atoms with Crippen LogP contribution in [0.15, 0.2) is 64.4 Å². The molecule has 1 aliphatic rings. The number of aromatic nitrogens is 2. The average Bonchev–Trinajstić information content (AvgIpc) is 2.83. The van der Waals surface area contributed by atoms with E-state index in [-0.39, 0.29) is 5.56 Å². The summed E-state index contributed by atoms with van der Waals surface area (Å²) in [6.07, 6.45) is 1.52. The molecule has 3 heterocycles. The summed E-state index contributed by atoms with van der Waals surface area (Å²) in [7, 11) is -3.59. The molecule has 0 aliphatic carbocycles. The van der Waals surface area contributed by atoms with E-state index in [1.54, 1.807) is 19.1 Å². The molecule has 0 amide bonds. The normalized spacial score (nSPS) is 15.9. The number of piperazine rings is 1. The Morgan fingerprint density at radius 1 is 0.971 bits per heavy atom. The monoisotopic (exact) mass is 516 g/mol. The van der Waals surface area contributed by atoms with Gasteiger partial charge in [0, 0.05) is 45.0 Å². The topological polar surface area (TPSA) is 75.0 Å². The standard InChI is InChI=1S/C24H22Cl2N4O3S/c1-16-21(25)15-30-22(31)13-19(27-24(30)23(16)26)14-28-8-10-29(11-9-28)34(32,33)20-7-6-17-4-2-3-5-18(17)12-20/h2-7,12-13,15H,8-11,14H2,1H3. The summed E-state index contributed by atoms with van der Waals surface area (Å²) in [4.78, 5) is 19.5. The molecule has 0 spiro atoms. The van der Waals surface area contributed by atoms with E-state index in [1.807, 2.05) is 30.3 Å². The van der Waals surface area contributed by atoms with Crippen LogP contribution in [-0.2, 0) is 16.6 Å². The number of hydrogen-bond donors (Lipinski definition) is 0. The highest BCUT2D eigenvalue weighted by atomic mass is 35.5. The van der Waals surface area contributed by atoms with E-state index in [0.717, 1.165) is 10.8 Å². The Morgan fingerprint density at radius 2 is 1.68 bits per heavy atom. The highest BCUT2D eigenvalue weighted by molar-refractivity contribution is 7.89. The Morgan fingerprint density at radius 3 is 2.41 bits per heavy atom. The van der Waals surface area contributed by atoms with E-state index in [1.165, 1.54) is 21.0 Å². The molecule has 34 heavy (non-hydrogen) atoms. The van der Waals surface area contributed by atoms with Crippen molar-refractivity contribution in [2.24, 2.45) is 0 Å². The van der Waals surface area contributed by atoms with Crippen molar-refractivity contribution in [3.05, 3.63) is 86.4 Å². The molecule has 176 valence electrons. The first-order valence-corrected chi connectivity index (χ1v) is 13.0. The van der Waals surface area contributed by atoms with Gasteiger partial charge in [0.25, 0.3) is 5.56 Å². The predicted molar refractivity (Wildman–Crippen MR) is 134 cm³/mol. The zero-order valence-corrected chi connectivity index (χ0v) is 20.7. The van der Waals surface area contributed by atoms with Crippen LogP contribution < -0.4 is 5.56 Å². The van der Waals surface area contributed by atoms with Crippen molar-refractivity contribution in [1.29, 1.82) is 0 Å². The Bertz CT molecular complexity index is 1580. The summed E-state index contributed by atoms with van der Waals surface area (Å²) in [5, 5.41) is 2.64. The van der Waals surface area contributed by atoms with Gasteiger partial charge < -0.3 is 0 Å². The van der Waals surface area contributed by atoms with Crippen LogP contribution in [0.25, 0.3) is 16.4 Å². The lowest BCUT2D eigenvalue weighted by Crippen LogP contribution is -2.48. The van der Waals surface area contributed by atoms with E-state index in [2.05, 4.69) is 9.88 Å². The number of hydrogen-bond acceptors (Lipinski definition) is 5. The molecule has 1 saturated heterocycles. The minimum Gasteiger partial charge on any atom is -0.295 e. The first kappa shape index (κ1) is 23.3. The third-order valence-corrected chi connectivity index (χ3v) is 8.94. The van der Waals surface area contributed by atoms with Crippen LogP contribution in [0.1, 0.15) is 11.3 Å². The van der Waals surface area contributed by atoms with Gasteiger partial charge in [-0.25, -0.2) is 13.4 Å². The van der Waals surface area contributed by atoms with E-state index in [9.17, 15) is 13.2 Å². The molecule has 5 rings (SSSR count). The van der Waals surface area contributed by atoms with Gasteiger partial charge in [-0.2, -0.15) is 4.31 Å². The summed E-state index contributed by atoms with van der Waals surface area (Å²) in [5.41, 5.74) is 1.35. The summed E-state index contributed by atoms with van der Waals surface area (Å²) in [5.74, 6) is 0. The third kappa shape index (κ3) is 4.21.